The Morgan fingerprint density at radius 2 is 2.35 bits per heavy atom. The summed E-state index contributed by atoms with van der Waals surface area (Å²) in [6.07, 6.45) is 4.20. The van der Waals surface area contributed by atoms with E-state index in [2.05, 4.69) is 0 Å². The van der Waals surface area contributed by atoms with E-state index in [1.807, 2.05) is 0 Å². The highest BCUT2D eigenvalue weighted by Gasteiger charge is 2.15. The fraction of sp³-hybridized carbons (Fsp3) is 0.462. The molecule has 0 spiro atoms. The predicted octanol–water partition coefficient (Wildman–Crippen LogP) is 3.10. The van der Waals surface area contributed by atoms with E-state index < -0.39 is 0 Å². The Hall–Kier alpha value is -1.06. The summed E-state index contributed by atoms with van der Waals surface area (Å²) >= 11 is 5.87. The first kappa shape index (κ1) is 12.4. The van der Waals surface area contributed by atoms with E-state index >= 15 is 0 Å². The lowest BCUT2D eigenvalue weighted by Crippen LogP contribution is -2.26. The number of benzene rings is 1. The number of hydrogen-bond acceptors (Lipinski definition) is 3. The van der Waals surface area contributed by atoms with Crippen LogP contribution in [0.5, 0.6) is 5.75 Å². The van der Waals surface area contributed by atoms with Crippen molar-refractivity contribution in [2.75, 3.05) is 13.2 Å². The number of carbonyl (C=O) groups excluding carboxylic acids is 1. The van der Waals surface area contributed by atoms with Crippen molar-refractivity contribution in [1.82, 2.24) is 0 Å². The molecule has 0 radical (unpaired) electrons. The SMILES string of the molecule is O=Cc1ccc(Cl)cc1OCC1CCCCO1. The molecular formula is C13H15ClO3. The Balaban J connectivity index is 1.97. The van der Waals surface area contributed by atoms with Gasteiger partial charge in [-0.15, -0.1) is 0 Å². The van der Waals surface area contributed by atoms with Crippen LogP contribution in [0.3, 0.4) is 0 Å². The first-order valence-electron chi connectivity index (χ1n) is 5.79. The third-order valence-corrected chi connectivity index (χ3v) is 3.04. The summed E-state index contributed by atoms with van der Waals surface area (Å²) in [5.41, 5.74) is 0.519. The number of halogens is 1. The molecule has 1 fully saturated rings. The molecule has 2 rings (SSSR count). The van der Waals surface area contributed by atoms with Gasteiger partial charge in [0.1, 0.15) is 12.4 Å². The van der Waals surface area contributed by atoms with Crippen LogP contribution in [0, 0.1) is 0 Å². The van der Waals surface area contributed by atoms with Crippen LogP contribution in [-0.4, -0.2) is 25.6 Å². The minimum absolute atomic E-state index is 0.127. The van der Waals surface area contributed by atoms with Crippen LogP contribution in [0.1, 0.15) is 29.6 Å². The molecule has 0 bridgehead atoms. The van der Waals surface area contributed by atoms with Crippen LogP contribution < -0.4 is 4.74 Å². The van der Waals surface area contributed by atoms with Crippen molar-refractivity contribution in [3.63, 3.8) is 0 Å². The van der Waals surface area contributed by atoms with Crippen LogP contribution in [0.15, 0.2) is 18.2 Å². The molecule has 0 aliphatic carbocycles. The predicted molar refractivity (Wildman–Crippen MR) is 65.9 cm³/mol. The normalized spacial score (nSPS) is 19.9. The molecule has 0 saturated carbocycles. The zero-order chi connectivity index (χ0) is 12.1. The summed E-state index contributed by atoms with van der Waals surface area (Å²) in [5, 5.41) is 0.565. The molecule has 1 saturated heterocycles. The summed E-state index contributed by atoms with van der Waals surface area (Å²) in [4.78, 5) is 10.8. The van der Waals surface area contributed by atoms with Gasteiger partial charge in [0, 0.05) is 11.6 Å². The third-order valence-electron chi connectivity index (χ3n) is 2.80. The lowest BCUT2D eigenvalue weighted by molar-refractivity contribution is -0.0111. The van der Waals surface area contributed by atoms with Crippen molar-refractivity contribution >= 4 is 17.9 Å². The second kappa shape index (κ2) is 6.03. The highest BCUT2D eigenvalue weighted by molar-refractivity contribution is 6.30. The molecule has 0 amide bonds. The van der Waals surface area contributed by atoms with Crippen molar-refractivity contribution in [1.29, 1.82) is 0 Å². The maximum absolute atomic E-state index is 10.8. The minimum Gasteiger partial charge on any atom is -0.490 e. The fourth-order valence-corrected chi connectivity index (χ4v) is 2.01. The summed E-state index contributed by atoms with van der Waals surface area (Å²) < 4.78 is 11.2. The zero-order valence-electron chi connectivity index (χ0n) is 9.52. The molecular weight excluding hydrogens is 240 g/mol. The molecule has 1 heterocycles. The summed E-state index contributed by atoms with van der Waals surface area (Å²) in [5.74, 6) is 0.529. The molecule has 1 aromatic carbocycles. The summed E-state index contributed by atoms with van der Waals surface area (Å²) in [6.45, 7) is 1.27. The van der Waals surface area contributed by atoms with E-state index in [9.17, 15) is 4.79 Å². The van der Waals surface area contributed by atoms with Crippen LogP contribution in [0.4, 0.5) is 0 Å². The van der Waals surface area contributed by atoms with Crippen molar-refractivity contribution in [3.05, 3.63) is 28.8 Å². The van der Waals surface area contributed by atoms with Gasteiger partial charge in [0.2, 0.25) is 0 Å². The lowest BCUT2D eigenvalue weighted by Gasteiger charge is -2.22. The molecule has 3 nitrogen and oxygen atoms in total. The molecule has 1 aromatic rings. The molecule has 1 aliphatic rings. The molecule has 1 unspecified atom stereocenters. The van der Waals surface area contributed by atoms with Crippen LogP contribution in [-0.2, 0) is 4.74 Å². The molecule has 1 atom stereocenters. The van der Waals surface area contributed by atoms with Gasteiger partial charge in [-0.2, -0.15) is 0 Å². The Morgan fingerprint density at radius 1 is 1.47 bits per heavy atom. The average Bonchev–Trinajstić information content (AvgIpc) is 2.38. The standard InChI is InChI=1S/C13H15ClO3/c14-11-5-4-10(8-15)13(7-11)17-9-12-3-1-2-6-16-12/h4-5,7-8,12H,1-3,6,9H2. The Kier molecular flexibility index (Phi) is 4.40. The van der Waals surface area contributed by atoms with Crippen molar-refractivity contribution < 1.29 is 14.3 Å². The van der Waals surface area contributed by atoms with Crippen molar-refractivity contribution in [3.8, 4) is 5.75 Å². The Bertz CT molecular complexity index is 386. The zero-order valence-corrected chi connectivity index (χ0v) is 10.3. The lowest BCUT2D eigenvalue weighted by atomic mass is 10.1. The summed E-state index contributed by atoms with van der Waals surface area (Å²) in [6, 6.07) is 5.00. The Labute approximate surface area is 106 Å². The van der Waals surface area contributed by atoms with Gasteiger partial charge in [0.05, 0.1) is 11.7 Å². The first-order valence-corrected chi connectivity index (χ1v) is 6.16. The van der Waals surface area contributed by atoms with Gasteiger partial charge in [-0.25, -0.2) is 0 Å². The minimum atomic E-state index is 0.127. The molecule has 0 aromatic heterocycles. The van der Waals surface area contributed by atoms with Crippen molar-refractivity contribution in [2.24, 2.45) is 0 Å². The largest absolute Gasteiger partial charge is 0.490 e. The van der Waals surface area contributed by atoms with Gasteiger partial charge < -0.3 is 9.47 Å². The van der Waals surface area contributed by atoms with E-state index in [0.29, 0.717) is 22.9 Å². The summed E-state index contributed by atoms with van der Waals surface area (Å²) in [7, 11) is 0. The van der Waals surface area contributed by atoms with Crippen LogP contribution in [0.25, 0.3) is 0 Å². The van der Waals surface area contributed by atoms with Crippen LogP contribution in [0.2, 0.25) is 5.02 Å². The van der Waals surface area contributed by atoms with Gasteiger partial charge in [-0.3, -0.25) is 4.79 Å². The van der Waals surface area contributed by atoms with E-state index in [-0.39, 0.29) is 6.10 Å². The van der Waals surface area contributed by atoms with E-state index in [1.54, 1.807) is 18.2 Å². The highest BCUT2D eigenvalue weighted by atomic mass is 35.5. The molecule has 17 heavy (non-hydrogen) atoms. The molecule has 92 valence electrons. The number of ether oxygens (including phenoxy) is 2. The molecule has 4 heteroatoms. The quantitative estimate of drug-likeness (QED) is 0.775. The number of aldehydes is 1. The maximum Gasteiger partial charge on any atom is 0.153 e. The van der Waals surface area contributed by atoms with Gasteiger partial charge in [-0.1, -0.05) is 11.6 Å². The fourth-order valence-electron chi connectivity index (χ4n) is 1.85. The average molecular weight is 255 g/mol. The molecule has 1 aliphatic heterocycles. The smallest absolute Gasteiger partial charge is 0.153 e. The van der Waals surface area contributed by atoms with E-state index in [0.717, 1.165) is 25.7 Å². The number of rotatable bonds is 4. The third kappa shape index (κ3) is 3.45. The molecule has 0 N–H and O–H groups in total. The van der Waals surface area contributed by atoms with Gasteiger partial charge in [-0.05, 0) is 37.5 Å². The number of hydrogen-bond donors (Lipinski definition) is 0. The highest BCUT2D eigenvalue weighted by Crippen LogP contribution is 2.23. The van der Waals surface area contributed by atoms with Crippen molar-refractivity contribution in [2.45, 2.75) is 25.4 Å². The van der Waals surface area contributed by atoms with Gasteiger partial charge >= 0.3 is 0 Å². The maximum atomic E-state index is 10.8. The van der Waals surface area contributed by atoms with Gasteiger partial charge in [0.25, 0.3) is 0 Å². The second-order valence-electron chi connectivity index (χ2n) is 4.10. The topological polar surface area (TPSA) is 35.5 Å². The number of carbonyl (C=O) groups is 1. The van der Waals surface area contributed by atoms with E-state index in [1.165, 1.54) is 6.42 Å². The second-order valence-corrected chi connectivity index (χ2v) is 4.54. The van der Waals surface area contributed by atoms with Gasteiger partial charge in [0.15, 0.2) is 6.29 Å². The Morgan fingerprint density at radius 3 is 3.06 bits per heavy atom. The monoisotopic (exact) mass is 254 g/mol. The first-order chi connectivity index (χ1) is 8.29. The van der Waals surface area contributed by atoms with Crippen LogP contribution >= 0.6 is 11.6 Å². The van der Waals surface area contributed by atoms with E-state index in [4.69, 9.17) is 21.1 Å².